The second-order valence-corrected chi connectivity index (χ2v) is 3.87. The van der Waals surface area contributed by atoms with Crippen LogP contribution in [0.1, 0.15) is 5.69 Å². The van der Waals surface area contributed by atoms with Crippen LogP contribution in [0.2, 0.25) is 0 Å². The summed E-state index contributed by atoms with van der Waals surface area (Å²) >= 11 is 0. The Morgan fingerprint density at radius 1 is 0.905 bits per heavy atom. The highest BCUT2D eigenvalue weighted by atomic mass is 19.4. The van der Waals surface area contributed by atoms with Gasteiger partial charge < -0.3 is 11.1 Å². The lowest BCUT2D eigenvalue weighted by molar-refractivity contribution is -0.141. The summed E-state index contributed by atoms with van der Waals surface area (Å²) < 4.78 is 76.7. The van der Waals surface area contributed by atoms with Crippen molar-refractivity contribution in [3.05, 3.63) is 41.3 Å². The van der Waals surface area contributed by atoms with Gasteiger partial charge in [0.05, 0.1) is 5.69 Å². The average Bonchev–Trinajstić information content (AvgIpc) is 2.34. The van der Waals surface area contributed by atoms with E-state index < -0.39 is 46.8 Å². The molecule has 4 nitrogen and oxygen atoms in total. The first-order valence-electron chi connectivity index (χ1n) is 5.30. The molecule has 0 aliphatic carbocycles. The third kappa shape index (κ3) is 3.33. The van der Waals surface area contributed by atoms with Crippen molar-refractivity contribution in [1.29, 1.82) is 0 Å². The van der Waals surface area contributed by atoms with Crippen LogP contribution in [0.25, 0.3) is 0 Å². The van der Waals surface area contributed by atoms with Crippen molar-refractivity contribution in [3.8, 4) is 0 Å². The maximum atomic E-state index is 13.4. The van der Waals surface area contributed by atoms with Crippen LogP contribution >= 0.6 is 0 Å². The molecule has 2 rings (SSSR count). The Hall–Kier alpha value is -2.52. The second-order valence-electron chi connectivity index (χ2n) is 3.87. The van der Waals surface area contributed by atoms with E-state index in [1.54, 1.807) is 0 Å². The third-order valence-electron chi connectivity index (χ3n) is 2.31. The summed E-state index contributed by atoms with van der Waals surface area (Å²) in [5.74, 6) is -5.25. The van der Waals surface area contributed by atoms with E-state index in [0.29, 0.717) is 12.1 Å². The number of rotatable bonds is 2. The number of aromatic nitrogens is 2. The minimum atomic E-state index is -4.79. The number of nitrogen functional groups attached to an aromatic ring is 1. The van der Waals surface area contributed by atoms with Gasteiger partial charge in [-0.15, -0.1) is 0 Å². The van der Waals surface area contributed by atoms with E-state index in [1.807, 2.05) is 0 Å². The van der Waals surface area contributed by atoms with Crippen LogP contribution in [-0.4, -0.2) is 9.97 Å². The molecule has 0 atom stereocenters. The number of benzene rings is 1. The molecule has 0 saturated heterocycles. The van der Waals surface area contributed by atoms with E-state index in [1.165, 1.54) is 0 Å². The van der Waals surface area contributed by atoms with Crippen LogP contribution in [0.3, 0.4) is 0 Å². The Morgan fingerprint density at radius 3 is 2.14 bits per heavy atom. The number of nitrogens with two attached hydrogens (primary N) is 1. The molecule has 10 heteroatoms. The molecular formula is C11H6F6N4. The summed E-state index contributed by atoms with van der Waals surface area (Å²) in [6, 6.07) is 1.14. The fourth-order valence-electron chi connectivity index (χ4n) is 1.43. The predicted molar refractivity (Wildman–Crippen MR) is 61.0 cm³/mol. The van der Waals surface area contributed by atoms with Crippen LogP contribution in [0, 0.1) is 17.5 Å². The quantitative estimate of drug-likeness (QED) is 0.660. The first kappa shape index (κ1) is 14.9. The smallest absolute Gasteiger partial charge is 0.368 e. The van der Waals surface area contributed by atoms with Gasteiger partial charge in [-0.25, -0.2) is 18.2 Å². The van der Waals surface area contributed by atoms with Gasteiger partial charge in [0.1, 0.15) is 11.6 Å². The van der Waals surface area contributed by atoms with Gasteiger partial charge in [-0.3, -0.25) is 0 Å². The predicted octanol–water partition coefficient (Wildman–Crippen LogP) is 3.24. The molecular weight excluding hydrogens is 302 g/mol. The zero-order valence-corrected chi connectivity index (χ0v) is 9.97. The zero-order valence-electron chi connectivity index (χ0n) is 9.97. The molecule has 112 valence electrons. The number of hydrogen-bond donors (Lipinski definition) is 2. The highest BCUT2D eigenvalue weighted by molar-refractivity contribution is 5.58. The summed E-state index contributed by atoms with van der Waals surface area (Å²) in [5, 5.41) is 2.08. The van der Waals surface area contributed by atoms with Crippen LogP contribution in [0.5, 0.6) is 0 Å². The lowest BCUT2D eigenvalue weighted by atomic mass is 10.2. The second kappa shape index (κ2) is 5.11. The SMILES string of the molecule is Nc1nc(Nc2cc(F)c(F)cc2F)cc(C(F)(F)F)n1. The van der Waals surface area contributed by atoms with E-state index in [0.717, 1.165) is 0 Å². The van der Waals surface area contributed by atoms with Gasteiger partial charge in [0.2, 0.25) is 5.95 Å². The molecule has 0 spiro atoms. The number of hydrogen-bond acceptors (Lipinski definition) is 4. The molecule has 3 N–H and O–H groups in total. The molecule has 0 aliphatic heterocycles. The lowest BCUT2D eigenvalue weighted by Crippen LogP contribution is -2.12. The van der Waals surface area contributed by atoms with Gasteiger partial charge in [-0.2, -0.15) is 18.2 Å². The van der Waals surface area contributed by atoms with E-state index in [-0.39, 0.29) is 6.07 Å². The topological polar surface area (TPSA) is 63.8 Å². The number of halogens is 6. The zero-order chi connectivity index (χ0) is 15.8. The van der Waals surface area contributed by atoms with Crippen LogP contribution in [-0.2, 0) is 6.18 Å². The third-order valence-corrected chi connectivity index (χ3v) is 2.31. The molecule has 0 aliphatic rings. The Morgan fingerprint density at radius 2 is 1.52 bits per heavy atom. The van der Waals surface area contributed by atoms with Gasteiger partial charge in [-0.05, 0) is 0 Å². The molecule has 0 bridgehead atoms. The monoisotopic (exact) mass is 308 g/mol. The van der Waals surface area contributed by atoms with Crippen molar-refractivity contribution < 1.29 is 26.3 Å². The van der Waals surface area contributed by atoms with Crippen LogP contribution in [0.4, 0.5) is 43.8 Å². The van der Waals surface area contributed by atoms with Crippen molar-refractivity contribution in [1.82, 2.24) is 9.97 Å². The minimum absolute atomic E-state index is 0.243. The summed E-state index contributed by atoms with van der Waals surface area (Å²) in [7, 11) is 0. The van der Waals surface area contributed by atoms with Gasteiger partial charge >= 0.3 is 6.18 Å². The largest absolute Gasteiger partial charge is 0.433 e. The first-order chi connectivity index (χ1) is 9.66. The molecule has 21 heavy (non-hydrogen) atoms. The molecule has 1 heterocycles. The first-order valence-corrected chi connectivity index (χ1v) is 5.30. The molecule has 2 aromatic rings. The molecule has 1 aromatic carbocycles. The maximum Gasteiger partial charge on any atom is 0.433 e. The van der Waals surface area contributed by atoms with Gasteiger partial charge in [0, 0.05) is 18.2 Å². The highest BCUT2D eigenvalue weighted by Gasteiger charge is 2.33. The van der Waals surface area contributed by atoms with Gasteiger partial charge in [0.15, 0.2) is 17.3 Å². The number of anilines is 3. The summed E-state index contributed by atoms with van der Waals surface area (Å²) in [5.41, 5.74) is 3.15. The Kier molecular flexibility index (Phi) is 3.62. The molecule has 1 aromatic heterocycles. The van der Waals surface area contributed by atoms with Crippen molar-refractivity contribution in [2.75, 3.05) is 11.1 Å². The minimum Gasteiger partial charge on any atom is -0.368 e. The molecule has 0 amide bonds. The molecule has 0 fully saturated rings. The van der Waals surface area contributed by atoms with Crippen molar-refractivity contribution in [2.24, 2.45) is 0 Å². The average molecular weight is 308 g/mol. The van der Waals surface area contributed by atoms with Gasteiger partial charge in [-0.1, -0.05) is 0 Å². The highest BCUT2D eigenvalue weighted by Crippen LogP contribution is 2.30. The Bertz CT molecular complexity index is 685. The number of alkyl halides is 3. The van der Waals surface area contributed by atoms with Crippen LogP contribution < -0.4 is 11.1 Å². The molecule has 0 saturated carbocycles. The summed E-state index contributed by atoms with van der Waals surface area (Å²) in [4.78, 5) is 6.38. The van der Waals surface area contributed by atoms with E-state index >= 15 is 0 Å². The van der Waals surface area contributed by atoms with Crippen LogP contribution in [0.15, 0.2) is 18.2 Å². The summed E-state index contributed by atoms with van der Waals surface area (Å²) in [6.45, 7) is 0. The number of nitrogens with zero attached hydrogens (tertiary/aromatic N) is 2. The fraction of sp³-hybridized carbons (Fsp3) is 0.0909. The van der Waals surface area contributed by atoms with Crippen molar-refractivity contribution in [3.63, 3.8) is 0 Å². The summed E-state index contributed by atoms with van der Waals surface area (Å²) in [6.07, 6.45) is -4.79. The standard InChI is InChI=1S/C11H6F6N4/c12-4-1-6(14)7(2-5(4)13)19-9-3-8(11(15,16)17)20-10(18)21-9/h1-3H,(H3,18,19,20,21). The Balaban J connectivity index is 2.40. The van der Waals surface area contributed by atoms with Crippen molar-refractivity contribution >= 4 is 17.5 Å². The van der Waals surface area contributed by atoms with Crippen molar-refractivity contribution in [2.45, 2.75) is 6.18 Å². The maximum absolute atomic E-state index is 13.4. The Labute approximate surface area is 113 Å². The van der Waals surface area contributed by atoms with E-state index in [9.17, 15) is 26.3 Å². The fourth-order valence-corrected chi connectivity index (χ4v) is 1.43. The molecule has 0 unspecified atom stereocenters. The van der Waals surface area contributed by atoms with E-state index in [2.05, 4.69) is 15.3 Å². The lowest BCUT2D eigenvalue weighted by Gasteiger charge is -2.11. The van der Waals surface area contributed by atoms with E-state index in [4.69, 9.17) is 5.73 Å². The normalized spacial score (nSPS) is 11.5. The number of nitrogens with one attached hydrogen (secondary N) is 1. The van der Waals surface area contributed by atoms with Gasteiger partial charge in [0.25, 0.3) is 0 Å². The molecule has 0 radical (unpaired) electrons.